The Labute approximate surface area is 161 Å². The maximum Gasteiger partial charge on any atom is 0.327 e. The normalized spacial score (nSPS) is 20.8. The van der Waals surface area contributed by atoms with Crippen molar-refractivity contribution in [2.75, 3.05) is 7.05 Å². The number of imide groups is 1. The summed E-state index contributed by atoms with van der Waals surface area (Å²) in [5, 5.41) is 3.32. The molecule has 3 amide bonds. The molecule has 5 heteroatoms. The zero-order chi connectivity index (χ0) is 19.4. The number of nitrogens with zero attached hydrogens (tertiary/aromatic N) is 2. The minimum absolute atomic E-state index is 0.0736. The number of likely N-dealkylation sites (N-methyl/N-ethyl adjacent to an activating group) is 1. The second kappa shape index (κ2) is 8.35. The van der Waals surface area contributed by atoms with Crippen LogP contribution in [0, 0.1) is 0 Å². The van der Waals surface area contributed by atoms with Gasteiger partial charge < -0.3 is 10.2 Å². The molecule has 1 aliphatic rings. The third-order valence-corrected chi connectivity index (χ3v) is 5.33. The van der Waals surface area contributed by atoms with Gasteiger partial charge in [0.05, 0.1) is 18.1 Å². The van der Waals surface area contributed by atoms with Crippen molar-refractivity contribution < 1.29 is 9.59 Å². The number of amides is 3. The van der Waals surface area contributed by atoms with Crippen molar-refractivity contribution in [3.63, 3.8) is 0 Å². The van der Waals surface area contributed by atoms with Crippen molar-refractivity contribution in [1.82, 2.24) is 15.1 Å². The van der Waals surface area contributed by atoms with E-state index >= 15 is 0 Å². The summed E-state index contributed by atoms with van der Waals surface area (Å²) in [4.78, 5) is 29.2. The number of hydrogen-bond acceptors (Lipinski definition) is 3. The summed E-state index contributed by atoms with van der Waals surface area (Å²) in [7, 11) is 1.76. The fourth-order valence-corrected chi connectivity index (χ4v) is 3.61. The van der Waals surface area contributed by atoms with Crippen molar-refractivity contribution >= 4 is 11.9 Å². The lowest BCUT2D eigenvalue weighted by Gasteiger charge is -2.28. The molecule has 0 saturated carbocycles. The van der Waals surface area contributed by atoms with Gasteiger partial charge in [-0.2, -0.15) is 0 Å². The van der Waals surface area contributed by atoms with E-state index in [4.69, 9.17) is 0 Å². The fourth-order valence-electron chi connectivity index (χ4n) is 3.61. The van der Waals surface area contributed by atoms with Gasteiger partial charge in [0.15, 0.2) is 0 Å². The molecule has 1 N–H and O–H groups in total. The van der Waals surface area contributed by atoms with E-state index in [-0.39, 0.29) is 24.0 Å². The molecule has 1 aliphatic heterocycles. The summed E-state index contributed by atoms with van der Waals surface area (Å²) < 4.78 is 0. The predicted molar refractivity (Wildman–Crippen MR) is 106 cm³/mol. The van der Waals surface area contributed by atoms with Crippen LogP contribution in [0.1, 0.15) is 37.4 Å². The van der Waals surface area contributed by atoms with Gasteiger partial charge in [0.2, 0.25) is 5.91 Å². The van der Waals surface area contributed by atoms with Crippen LogP contribution in [-0.4, -0.2) is 40.9 Å². The van der Waals surface area contributed by atoms with Crippen molar-refractivity contribution in [1.29, 1.82) is 0 Å². The first kappa shape index (κ1) is 19.1. The summed E-state index contributed by atoms with van der Waals surface area (Å²) in [6.07, 6.45) is 0.620. The minimum Gasteiger partial charge on any atom is -0.322 e. The third kappa shape index (κ3) is 3.88. The van der Waals surface area contributed by atoms with Crippen LogP contribution in [-0.2, 0) is 11.3 Å². The van der Waals surface area contributed by atoms with Gasteiger partial charge in [-0.15, -0.1) is 0 Å². The monoisotopic (exact) mass is 365 g/mol. The van der Waals surface area contributed by atoms with E-state index in [1.54, 1.807) is 11.9 Å². The van der Waals surface area contributed by atoms with Crippen molar-refractivity contribution in [2.24, 2.45) is 0 Å². The Bertz CT molecular complexity index is 779. The van der Waals surface area contributed by atoms with E-state index in [1.807, 2.05) is 74.5 Å². The molecule has 1 heterocycles. The van der Waals surface area contributed by atoms with Crippen LogP contribution >= 0.6 is 0 Å². The zero-order valence-corrected chi connectivity index (χ0v) is 16.1. The lowest BCUT2D eigenvalue weighted by molar-refractivity contribution is -0.131. The molecule has 0 bridgehead atoms. The number of benzene rings is 2. The fraction of sp³-hybridized carbons (Fsp3) is 0.364. The van der Waals surface area contributed by atoms with Crippen LogP contribution in [0.3, 0.4) is 0 Å². The molecule has 0 unspecified atom stereocenters. The molecule has 3 rings (SSSR count). The summed E-state index contributed by atoms with van der Waals surface area (Å²) in [5.74, 6) is -0.163. The summed E-state index contributed by atoms with van der Waals surface area (Å²) in [6.45, 7) is 4.54. The standard InChI is InChI=1S/C22H27N3O2/c1-4-19(23-15-17-11-7-5-8-12-17)21(26)25-20(16(2)24(3)22(25)27)18-13-9-6-10-14-18/h5-14,16,19-20,23H,4,15H2,1-3H3/t16-,19+,20-/m0/s1. The Morgan fingerprint density at radius 3 is 2.26 bits per heavy atom. The number of carbonyl (C=O) groups is 2. The Hall–Kier alpha value is -2.66. The molecular formula is C22H27N3O2. The first-order valence-electron chi connectivity index (χ1n) is 9.46. The lowest BCUT2D eigenvalue weighted by atomic mass is 9.99. The molecule has 3 atom stereocenters. The number of nitrogens with one attached hydrogen (secondary N) is 1. The number of rotatable bonds is 6. The van der Waals surface area contributed by atoms with Gasteiger partial charge >= 0.3 is 6.03 Å². The quantitative estimate of drug-likeness (QED) is 0.851. The highest BCUT2D eigenvalue weighted by Crippen LogP contribution is 2.35. The van der Waals surface area contributed by atoms with Crippen LogP contribution in [0.25, 0.3) is 0 Å². The van der Waals surface area contributed by atoms with Gasteiger partial charge in [-0.1, -0.05) is 67.6 Å². The molecule has 2 aromatic carbocycles. The van der Waals surface area contributed by atoms with Crippen molar-refractivity contribution in [2.45, 2.75) is 44.9 Å². The van der Waals surface area contributed by atoms with Gasteiger partial charge in [0.1, 0.15) is 0 Å². The molecule has 0 spiro atoms. The molecule has 0 aliphatic carbocycles. The maximum absolute atomic E-state index is 13.3. The van der Waals surface area contributed by atoms with Crippen LogP contribution in [0.15, 0.2) is 60.7 Å². The van der Waals surface area contributed by atoms with Gasteiger partial charge in [-0.25, -0.2) is 4.79 Å². The molecule has 2 aromatic rings. The number of urea groups is 1. The predicted octanol–water partition coefficient (Wildman–Crippen LogP) is 3.58. The van der Waals surface area contributed by atoms with E-state index in [1.165, 1.54) is 4.90 Å². The third-order valence-electron chi connectivity index (χ3n) is 5.33. The summed E-state index contributed by atoms with van der Waals surface area (Å²) >= 11 is 0. The molecule has 0 aromatic heterocycles. The SMILES string of the molecule is CC[C@@H](NCc1ccccc1)C(=O)N1C(=O)N(C)[C@@H](C)[C@H]1c1ccccc1. The van der Waals surface area contributed by atoms with Crippen LogP contribution < -0.4 is 5.32 Å². The first-order valence-corrected chi connectivity index (χ1v) is 9.46. The van der Waals surface area contributed by atoms with Gasteiger partial charge in [-0.05, 0) is 24.5 Å². The van der Waals surface area contributed by atoms with E-state index in [2.05, 4.69) is 5.32 Å². The molecule has 27 heavy (non-hydrogen) atoms. The maximum atomic E-state index is 13.3. The average molecular weight is 365 g/mol. The summed E-state index contributed by atoms with van der Waals surface area (Å²) in [5.41, 5.74) is 2.09. The average Bonchev–Trinajstić information content (AvgIpc) is 2.93. The molecule has 142 valence electrons. The second-order valence-corrected chi connectivity index (χ2v) is 7.03. The van der Waals surface area contributed by atoms with Crippen molar-refractivity contribution in [3.05, 3.63) is 71.8 Å². The van der Waals surface area contributed by atoms with Gasteiger partial charge in [0.25, 0.3) is 0 Å². The van der Waals surface area contributed by atoms with E-state index in [0.29, 0.717) is 13.0 Å². The highest BCUT2D eigenvalue weighted by atomic mass is 16.2. The molecular weight excluding hydrogens is 338 g/mol. The highest BCUT2D eigenvalue weighted by molar-refractivity contribution is 5.99. The molecule has 0 radical (unpaired) electrons. The highest BCUT2D eigenvalue weighted by Gasteiger charge is 2.46. The molecule has 1 saturated heterocycles. The van der Waals surface area contributed by atoms with E-state index in [0.717, 1.165) is 11.1 Å². The van der Waals surface area contributed by atoms with Gasteiger partial charge in [0, 0.05) is 13.6 Å². The van der Waals surface area contributed by atoms with E-state index in [9.17, 15) is 9.59 Å². The van der Waals surface area contributed by atoms with Gasteiger partial charge in [-0.3, -0.25) is 9.69 Å². The minimum atomic E-state index is -0.404. The largest absolute Gasteiger partial charge is 0.327 e. The topological polar surface area (TPSA) is 52.7 Å². The summed E-state index contributed by atoms with van der Waals surface area (Å²) in [6, 6.07) is 18.8. The Morgan fingerprint density at radius 2 is 1.67 bits per heavy atom. The number of carbonyl (C=O) groups excluding carboxylic acids is 2. The lowest BCUT2D eigenvalue weighted by Crippen LogP contribution is -2.48. The Kier molecular flexibility index (Phi) is 5.91. The Balaban J connectivity index is 1.81. The van der Waals surface area contributed by atoms with Crippen LogP contribution in [0.5, 0.6) is 0 Å². The first-order chi connectivity index (χ1) is 13.0. The van der Waals surface area contributed by atoms with Crippen LogP contribution in [0.2, 0.25) is 0 Å². The smallest absolute Gasteiger partial charge is 0.322 e. The zero-order valence-electron chi connectivity index (χ0n) is 16.1. The van der Waals surface area contributed by atoms with Crippen molar-refractivity contribution in [3.8, 4) is 0 Å². The van der Waals surface area contributed by atoms with Crippen LogP contribution in [0.4, 0.5) is 4.79 Å². The Morgan fingerprint density at radius 1 is 1.07 bits per heavy atom. The molecule has 5 nitrogen and oxygen atoms in total. The second-order valence-electron chi connectivity index (χ2n) is 7.03. The van der Waals surface area contributed by atoms with E-state index < -0.39 is 6.04 Å². The molecule has 1 fully saturated rings. The number of hydrogen-bond donors (Lipinski definition) is 1.